The molecule has 0 bridgehead atoms. The summed E-state index contributed by atoms with van der Waals surface area (Å²) in [5, 5.41) is 15.2. The summed E-state index contributed by atoms with van der Waals surface area (Å²) in [6.45, 7) is 2.02. The van der Waals surface area contributed by atoms with Crippen LogP contribution < -0.4 is 0 Å². The van der Waals surface area contributed by atoms with Gasteiger partial charge in [-0.3, -0.25) is 10.1 Å². The lowest BCUT2D eigenvalue weighted by Gasteiger charge is -1.99. The normalized spacial score (nSPS) is 10.6. The van der Waals surface area contributed by atoms with Gasteiger partial charge in [0, 0.05) is 30.3 Å². The quantitative estimate of drug-likeness (QED) is 0.548. The second-order valence-electron chi connectivity index (χ2n) is 5.06. The van der Waals surface area contributed by atoms with Crippen LogP contribution in [0.25, 0.3) is 22.8 Å². The Morgan fingerprint density at radius 1 is 1.09 bits per heavy atom. The molecule has 0 fully saturated rings. The van der Waals surface area contributed by atoms with Gasteiger partial charge in [0.15, 0.2) is 11.6 Å². The van der Waals surface area contributed by atoms with Crippen molar-refractivity contribution >= 4 is 5.69 Å². The third-order valence-electron chi connectivity index (χ3n) is 3.39. The van der Waals surface area contributed by atoms with Crippen LogP contribution >= 0.6 is 0 Å². The van der Waals surface area contributed by atoms with Crippen LogP contribution in [0, 0.1) is 17.0 Å². The summed E-state index contributed by atoms with van der Waals surface area (Å²) in [7, 11) is 1.81. The van der Waals surface area contributed by atoms with Crippen molar-refractivity contribution in [3.8, 4) is 22.8 Å². The second-order valence-corrected chi connectivity index (χ2v) is 5.06. The molecular weight excluding hydrogens is 280 g/mol. The molecule has 0 N–H and O–H groups in total. The fraction of sp³-hybridized carbons (Fsp3) is 0.125. The average molecular weight is 294 g/mol. The molecule has 3 rings (SSSR count). The first-order valence-corrected chi connectivity index (χ1v) is 6.77. The number of non-ortho nitro benzene ring substituents is 1. The van der Waals surface area contributed by atoms with Gasteiger partial charge in [0.25, 0.3) is 5.69 Å². The molecule has 1 aromatic heterocycles. The van der Waals surface area contributed by atoms with Crippen molar-refractivity contribution in [1.82, 2.24) is 14.8 Å². The zero-order valence-corrected chi connectivity index (χ0v) is 12.2. The lowest BCUT2D eigenvalue weighted by atomic mass is 10.1. The molecule has 2 aromatic carbocycles. The zero-order valence-electron chi connectivity index (χ0n) is 12.2. The molecule has 6 heteroatoms. The standard InChI is InChI=1S/C16H14N4O2/c1-11-6-8-12(9-7-11)16-17-15(18-19(16)2)13-4-3-5-14(10-13)20(21)22/h3-10H,1-2H3. The molecule has 0 saturated heterocycles. The minimum absolute atomic E-state index is 0.0295. The number of benzene rings is 2. The Hall–Kier alpha value is -3.02. The summed E-state index contributed by atoms with van der Waals surface area (Å²) >= 11 is 0. The number of nitro groups is 1. The molecule has 0 spiro atoms. The Kier molecular flexibility index (Phi) is 3.42. The second kappa shape index (κ2) is 5.40. The molecule has 0 aliphatic carbocycles. The molecule has 6 nitrogen and oxygen atoms in total. The smallest absolute Gasteiger partial charge is 0.258 e. The fourth-order valence-electron chi connectivity index (χ4n) is 2.22. The van der Waals surface area contributed by atoms with Crippen molar-refractivity contribution in [2.24, 2.45) is 7.05 Å². The van der Waals surface area contributed by atoms with Crippen LogP contribution in [0.15, 0.2) is 48.5 Å². The maximum absolute atomic E-state index is 10.9. The van der Waals surface area contributed by atoms with Crippen molar-refractivity contribution in [3.63, 3.8) is 0 Å². The highest BCUT2D eigenvalue weighted by Crippen LogP contribution is 2.24. The molecule has 22 heavy (non-hydrogen) atoms. The van der Waals surface area contributed by atoms with Gasteiger partial charge in [0.05, 0.1) is 4.92 Å². The Bertz CT molecular complexity index is 838. The van der Waals surface area contributed by atoms with E-state index in [0.29, 0.717) is 11.4 Å². The first-order valence-electron chi connectivity index (χ1n) is 6.77. The largest absolute Gasteiger partial charge is 0.270 e. The molecular formula is C16H14N4O2. The number of rotatable bonds is 3. The third kappa shape index (κ3) is 2.58. The minimum atomic E-state index is -0.423. The summed E-state index contributed by atoms with van der Waals surface area (Å²) < 4.78 is 1.68. The molecule has 0 unspecified atom stereocenters. The molecule has 0 aliphatic rings. The predicted molar refractivity (Wildman–Crippen MR) is 83.3 cm³/mol. The SMILES string of the molecule is Cc1ccc(-c2nc(-c3cccc([N+](=O)[O-])c3)nn2C)cc1. The minimum Gasteiger partial charge on any atom is -0.258 e. The van der Waals surface area contributed by atoms with Gasteiger partial charge >= 0.3 is 0 Å². The molecule has 0 amide bonds. The summed E-state index contributed by atoms with van der Waals surface area (Å²) in [5.74, 6) is 1.20. The highest BCUT2D eigenvalue weighted by Gasteiger charge is 2.13. The van der Waals surface area contributed by atoms with Gasteiger partial charge in [-0.05, 0) is 6.92 Å². The molecule has 0 atom stereocenters. The van der Waals surface area contributed by atoms with E-state index >= 15 is 0 Å². The van der Waals surface area contributed by atoms with Crippen LogP contribution in [-0.2, 0) is 7.05 Å². The van der Waals surface area contributed by atoms with E-state index in [1.165, 1.54) is 17.7 Å². The van der Waals surface area contributed by atoms with Crippen molar-refractivity contribution in [3.05, 3.63) is 64.2 Å². The van der Waals surface area contributed by atoms with Crippen LogP contribution in [-0.4, -0.2) is 19.7 Å². The number of nitro benzene ring substituents is 1. The van der Waals surface area contributed by atoms with Crippen LogP contribution in [0.3, 0.4) is 0 Å². The molecule has 3 aromatic rings. The maximum Gasteiger partial charge on any atom is 0.270 e. The molecule has 110 valence electrons. The maximum atomic E-state index is 10.9. The van der Waals surface area contributed by atoms with Crippen molar-refractivity contribution in [1.29, 1.82) is 0 Å². The van der Waals surface area contributed by atoms with Crippen molar-refractivity contribution in [2.75, 3.05) is 0 Å². The summed E-state index contributed by atoms with van der Waals surface area (Å²) in [6, 6.07) is 14.3. The highest BCUT2D eigenvalue weighted by atomic mass is 16.6. The number of hydrogen-bond donors (Lipinski definition) is 0. The Morgan fingerprint density at radius 2 is 1.82 bits per heavy atom. The molecule has 0 aliphatic heterocycles. The van der Waals surface area contributed by atoms with Crippen LogP contribution in [0.2, 0.25) is 0 Å². The van der Waals surface area contributed by atoms with Gasteiger partial charge in [-0.25, -0.2) is 9.67 Å². The van der Waals surface area contributed by atoms with Gasteiger partial charge in [0.2, 0.25) is 0 Å². The topological polar surface area (TPSA) is 73.8 Å². The van der Waals surface area contributed by atoms with Crippen molar-refractivity contribution < 1.29 is 4.92 Å². The van der Waals surface area contributed by atoms with E-state index in [2.05, 4.69) is 10.1 Å². The Balaban J connectivity index is 2.04. The van der Waals surface area contributed by atoms with Gasteiger partial charge in [-0.1, -0.05) is 42.0 Å². The van der Waals surface area contributed by atoms with E-state index in [0.717, 1.165) is 11.4 Å². The number of hydrogen-bond acceptors (Lipinski definition) is 4. The highest BCUT2D eigenvalue weighted by molar-refractivity contribution is 5.63. The predicted octanol–water partition coefficient (Wildman–Crippen LogP) is 3.37. The third-order valence-corrected chi connectivity index (χ3v) is 3.39. The number of aryl methyl sites for hydroxylation is 2. The average Bonchev–Trinajstić information content (AvgIpc) is 2.90. The van der Waals surface area contributed by atoms with E-state index in [4.69, 9.17) is 0 Å². The first-order chi connectivity index (χ1) is 10.5. The fourth-order valence-corrected chi connectivity index (χ4v) is 2.22. The summed E-state index contributed by atoms with van der Waals surface area (Å²) in [4.78, 5) is 15.0. The molecule has 1 heterocycles. The lowest BCUT2D eigenvalue weighted by Crippen LogP contribution is -1.94. The Labute approximate surface area is 127 Å². The molecule has 0 saturated carbocycles. The van der Waals surface area contributed by atoms with Gasteiger partial charge in [-0.15, -0.1) is 0 Å². The van der Waals surface area contributed by atoms with Crippen LogP contribution in [0.1, 0.15) is 5.56 Å². The number of nitrogens with zero attached hydrogens (tertiary/aromatic N) is 4. The van der Waals surface area contributed by atoms with Gasteiger partial charge in [0.1, 0.15) is 0 Å². The van der Waals surface area contributed by atoms with E-state index in [-0.39, 0.29) is 5.69 Å². The van der Waals surface area contributed by atoms with E-state index in [1.807, 2.05) is 38.2 Å². The van der Waals surface area contributed by atoms with E-state index in [9.17, 15) is 10.1 Å². The number of aromatic nitrogens is 3. The molecule has 0 radical (unpaired) electrons. The van der Waals surface area contributed by atoms with Crippen LogP contribution in [0.4, 0.5) is 5.69 Å². The summed E-state index contributed by atoms with van der Waals surface area (Å²) in [5.41, 5.74) is 2.78. The first kappa shape index (κ1) is 13.9. The van der Waals surface area contributed by atoms with E-state index < -0.39 is 4.92 Å². The monoisotopic (exact) mass is 294 g/mol. The van der Waals surface area contributed by atoms with Gasteiger partial charge in [-0.2, -0.15) is 5.10 Å². The van der Waals surface area contributed by atoms with Crippen molar-refractivity contribution in [2.45, 2.75) is 6.92 Å². The van der Waals surface area contributed by atoms with Gasteiger partial charge < -0.3 is 0 Å². The van der Waals surface area contributed by atoms with Crippen LogP contribution in [0.5, 0.6) is 0 Å². The summed E-state index contributed by atoms with van der Waals surface area (Å²) in [6.07, 6.45) is 0. The van der Waals surface area contributed by atoms with E-state index in [1.54, 1.807) is 16.8 Å². The Morgan fingerprint density at radius 3 is 2.50 bits per heavy atom. The zero-order chi connectivity index (χ0) is 15.7. The lowest BCUT2D eigenvalue weighted by molar-refractivity contribution is -0.384.